The van der Waals surface area contributed by atoms with Gasteiger partial charge in [-0.15, -0.1) is 0 Å². The maximum absolute atomic E-state index is 9.95. The van der Waals surface area contributed by atoms with E-state index < -0.39 is 0 Å². The van der Waals surface area contributed by atoms with E-state index in [2.05, 4.69) is 15.9 Å². The predicted octanol–water partition coefficient (Wildman–Crippen LogP) is 4.96. The number of aliphatic imine (C=N–C) groups is 1. The number of hydrogen-bond donors (Lipinski definition) is 1. The zero-order valence-electron chi connectivity index (χ0n) is 15.9. The van der Waals surface area contributed by atoms with Crippen LogP contribution < -0.4 is 14.2 Å². The largest absolute Gasteiger partial charge is 0.504 e. The van der Waals surface area contributed by atoms with Crippen LogP contribution in [0, 0.1) is 0 Å². The number of phenolic OH excluding ortho intramolecular Hbond substituents is 1. The fourth-order valence-electron chi connectivity index (χ4n) is 3.28. The van der Waals surface area contributed by atoms with Crippen molar-refractivity contribution in [2.75, 3.05) is 13.9 Å². The summed E-state index contributed by atoms with van der Waals surface area (Å²) < 4.78 is 18.9. The molecule has 0 amide bonds. The number of rotatable bonds is 4. The van der Waals surface area contributed by atoms with Crippen LogP contribution in [0.2, 0.25) is 0 Å². The van der Waals surface area contributed by atoms with Gasteiger partial charge in [-0.3, -0.25) is 4.40 Å². The fraction of sp³-hybridized carbons (Fsp3) is 0.0909. The van der Waals surface area contributed by atoms with Crippen LogP contribution in [0.1, 0.15) is 5.56 Å². The van der Waals surface area contributed by atoms with Gasteiger partial charge < -0.3 is 19.3 Å². The molecule has 0 spiro atoms. The lowest BCUT2D eigenvalue weighted by Crippen LogP contribution is -1.92. The van der Waals surface area contributed by atoms with Gasteiger partial charge >= 0.3 is 0 Å². The smallest absolute Gasteiger partial charge is 0.231 e. The molecule has 2 aromatic carbocycles. The quantitative estimate of drug-likeness (QED) is 0.431. The third-order valence-corrected chi connectivity index (χ3v) is 5.21. The number of phenols is 1. The Morgan fingerprint density at radius 2 is 2.00 bits per heavy atom. The summed E-state index contributed by atoms with van der Waals surface area (Å²) in [6, 6.07) is 14.6. The van der Waals surface area contributed by atoms with Crippen molar-refractivity contribution in [1.29, 1.82) is 0 Å². The molecule has 2 aromatic heterocycles. The SMILES string of the molecule is COc1cc(-c2nc3ccc(Br)cn3c2N=Cc2ccc3c(c2)OCO3)ccc1O. The maximum Gasteiger partial charge on any atom is 0.231 e. The van der Waals surface area contributed by atoms with E-state index >= 15 is 0 Å². The Morgan fingerprint density at radius 1 is 1.13 bits per heavy atom. The summed E-state index contributed by atoms with van der Waals surface area (Å²) in [4.78, 5) is 9.49. The highest BCUT2D eigenvalue weighted by molar-refractivity contribution is 9.10. The van der Waals surface area contributed by atoms with Crippen LogP contribution in [0.15, 0.2) is 64.2 Å². The van der Waals surface area contributed by atoms with Gasteiger partial charge in [-0.2, -0.15) is 0 Å². The number of pyridine rings is 1. The third-order valence-electron chi connectivity index (χ3n) is 4.74. The number of methoxy groups -OCH3 is 1. The molecule has 150 valence electrons. The van der Waals surface area contributed by atoms with E-state index in [4.69, 9.17) is 24.2 Å². The number of nitrogens with zero attached hydrogens (tertiary/aromatic N) is 3. The first kappa shape index (κ1) is 18.5. The Hall–Kier alpha value is -3.52. The summed E-state index contributed by atoms with van der Waals surface area (Å²) in [7, 11) is 1.51. The average Bonchev–Trinajstić information content (AvgIpc) is 3.36. The normalized spacial score (nSPS) is 12.7. The van der Waals surface area contributed by atoms with Crippen molar-refractivity contribution in [3.8, 4) is 34.3 Å². The summed E-state index contributed by atoms with van der Waals surface area (Å²) >= 11 is 3.51. The molecule has 0 saturated carbocycles. The molecular formula is C22H16BrN3O4. The highest BCUT2D eigenvalue weighted by atomic mass is 79.9. The van der Waals surface area contributed by atoms with Crippen LogP contribution in [0.4, 0.5) is 5.82 Å². The van der Waals surface area contributed by atoms with E-state index in [1.165, 1.54) is 7.11 Å². The second kappa shape index (κ2) is 7.38. The predicted molar refractivity (Wildman–Crippen MR) is 116 cm³/mol. The molecule has 1 aliphatic rings. The molecule has 1 aliphatic heterocycles. The summed E-state index contributed by atoms with van der Waals surface area (Å²) in [6.07, 6.45) is 3.67. The van der Waals surface area contributed by atoms with E-state index in [1.54, 1.807) is 24.4 Å². The standard InChI is InChI=1S/C22H16BrN3O4/c1-28-18-9-14(3-5-16(18)27)21-22(26-11-15(23)4-7-20(26)25-21)24-10-13-2-6-17-19(8-13)30-12-29-17/h2-11,27H,12H2,1H3. The van der Waals surface area contributed by atoms with Crippen LogP contribution in [-0.4, -0.2) is 34.6 Å². The van der Waals surface area contributed by atoms with E-state index in [0.29, 0.717) is 23.0 Å². The average molecular weight is 466 g/mol. The van der Waals surface area contributed by atoms with E-state index in [-0.39, 0.29) is 12.5 Å². The molecule has 8 heteroatoms. The number of imidazole rings is 1. The number of ether oxygens (including phenoxy) is 3. The minimum Gasteiger partial charge on any atom is -0.504 e. The second-order valence-electron chi connectivity index (χ2n) is 6.62. The first-order chi connectivity index (χ1) is 14.6. The maximum atomic E-state index is 9.95. The van der Waals surface area contributed by atoms with E-state index in [9.17, 15) is 5.11 Å². The van der Waals surface area contributed by atoms with Crippen LogP contribution in [-0.2, 0) is 0 Å². The lowest BCUT2D eigenvalue weighted by Gasteiger charge is -2.06. The van der Waals surface area contributed by atoms with Gasteiger partial charge in [0.15, 0.2) is 28.8 Å². The van der Waals surface area contributed by atoms with Gasteiger partial charge in [-0.1, -0.05) is 0 Å². The molecule has 0 saturated heterocycles. The molecule has 0 aliphatic carbocycles. The second-order valence-corrected chi connectivity index (χ2v) is 7.53. The van der Waals surface area contributed by atoms with Gasteiger partial charge in [0.25, 0.3) is 0 Å². The number of hydrogen-bond acceptors (Lipinski definition) is 6. The highest BCUT2D eigenvalue weighted by Crippen LogP contribution is 2.37. The molecule has 0 radical (unpaired) electrons. The van der Waals surface area contributed by atoms with Gasteiger partial charge in [0.2, 0.25) is 6.79 Å². The van der Waals surface area contributed by atoms with Crippen LogP contribution in [0.5, 0.6) is 23.0 Å². The Bertz CT molecular complexity index is 1300. The zero-order valence-corrected chi connectivity index (χ0v) is 17.5. The molecule has 7 nitrogen and oxygen atoms in total. The Balaban J connectivity index is 1.64. The van der Waals surface area contributed by atoms with Gasteiger partial charge in [-0.25, -0.2) is 9.98 Å². The van der Waals surface area contributed by atoms with Crippen molar-refractivity contribution in [1.82, 2.24) is 9.38 Å². The number of benzene rings is 2. The summed E-state index contributed by atoms with van der Waals surface area (Å²) in [5, 5.41) is 9.95. The molecule has 30 heavy (non-hydrogen) atoms. The van der Waals surface area contributed by atoms with Gasteiger partial charge in [0, 0.05) is 22.4 Å². The van der Waals surface area contributed by atoms with Gasteiger partial charge in [-0.05, 0) is 70.0 Å². The van der Waals surface area contributed by atoms with E-state index in [1.807, 2.05) is 40.9 Å². The van der Waals surface area contributed by atoms with Crippen LogP contribution in [0.3, 0.4) is 0 Å². The van der Waals surface area contributed by atoms with Crippen molar-refractivity contribution in [3.63, 3.8) is 0 Å². The van der Waals surface area contributed by atoms with Gasteiger partial charge in [0.05, 0.1) is 7.11 Å². The van der Waals surface area contributed by atoms with Crippen LogP contribution in [0.25, 0.3) is 16.9 Å². The van der Waals surface area contributed by atoms with Crippen molar-refractivity contribution in [2.45, 2.75) is 0 Å². The van der Waals surface area contributed by atoms with Crippen LogP contribution >= 0.6 is 15.9 Å². The topological polar surface area (TPSA) is 77.6 Å². The zero-order chi connectivity index (χ0) is 20.7. The lowest BCUT2D eigenvalue weighted by atomic mass is 10.1. The highest BCUT2D eigenvalue weighted by Gasteiger charge is 2.16. The number of aromatic hydroxyl groups is 1. The molecule has 0 atom stereocenters. The van der Waals surface area contributed by atoms with Crippen molar-refractivity contribution in [2.24, 2.45) is 4.99 Å². The van der Waals surface area contributed by atoms with E-state index in [0.717, 1.165) is 27.0 Å². The monoisotopic (exact) mass is 465 g/mol. The molecular weight excluding hydrogens is 450 g/mol. The Morgan fingerprint density at radius 3 is 2.87 bits per heavy atom. The summed E-state index contributed by atoms with van der Waals surface area (Å²) in [5.41, 5.74) is 3.07. The molecule has 5 rings (SSSR count). The molecule has 0 fully saturated rings. The van der Waals surface area contributed by atoms with Crippen molar-refractivity contribution in [3.05, 3.63) is 64.8 Å². The molecule has 0 unspecified atom stereocenters. The van der Waals surface area contributed by atoms with Crippen molar-refractivity contribution < 1.29 is 19.3 Å². The fourth-order valence-corrected chi connectivity index (χ4v) is 3.61. The molecule has 0 bridgehead atoms. The lowest BCUT2D eigenvalue weighted by molar-refractivity contribution is 0.174. The Labute approximate surface area is 180 Å². The minimum atomic E-state index is 0.0677. The van der Waals surface area contributed by atoms with Gasteiger partial charge in [0.1, 0.15) is 11.3 Å². The minimum absolute atomic E-state index is 0.0677. The number of halogens is 1. The summed E-state index contributed by atoms with van der Waals surface area (Å²) in [6.45, 7) is 0.226. The number of aromatic nitrogens is 2. The molecule has 4 aromatic rings. The Kier molecular flexibility index (Phi) is 4.55. The molecule has 3 heterocycles. The first-order valence-electron chi connectivity index (χ1n) is 9.11. The molecule has 1 N–H and O–H groups in total. The van der Waals surface area contributed by atoms with Crippen molar-refractivity contribution >= 4 is 33.6 Å². The summed E-state index contributed by atoms with van der Waals surface area (Å²) in [5.74, 6) is 2.51. The number of fused-ring (bicyclic) bond motifs is 2. The first-order valence-corrected chi connectivity index (χ1v) is 9.90. The third kappa shape index (κ3) is 3.25.